The molecule has 0 fully saturated rings. The van der Waals surface area contributed by atoms with Crippen LogP contribution < -0.4 is 31.0 Å². The lowest BCUT2D eigenvalue weighted by molar-refractivity contribution is -0.123. The Morgan fingerprint density at radius 2 is 1.97 bits per heavy atom. The van der Waals surface area contributed by atoms with Crippen molar-refractivity contribution in [2.75, 3.05) is 30.2 Å². The number of amides is 2. The second-order valence-electron chi connectivity index (χ2n) is 7.17. The molecule has 4 N–H and O–H groups in total. The molecule has 3 aromatic rings. The SMILES string of the molecule is COc1ccc(NC(=O)C2CC(=O)Nc3nc(Nc4cccc(Cl)c4)[nH]c(=O)c32)c(OC)c1. The summed E-state index contributed by atoms with van der Waals surface area (Å²) in [6.45, 7) is 0. The van der Waals surface area contributed by atoms with Crippen LogP contribution in [-0.4, -0.2) is 36.0 Å². The van der Waals surface area contributed by atoms with E-state index in [4.69, 9.17) is 21.1 Å². The van der Waals surface area contributed by atoms with Gasteiger partial charge in [-0.25, -0.2) is 0 Å². The first kappa shape index (κ1) is 22.2. The molecule has 2 aromatic carbocycles. The molecule has 0 radical (unpaired) electrons. The standard InChI is InChI=1S/C22H20ClN5O5/c1-32-13-6-7-15(16(9-13)33-2)25-20(30)14-10-17(29)26-19-18(14)21(31)28-22(27-19)24-12-5-3-4-11(23)8-12/h3-9,14H,10H2,1-2H3,(H,25,30)(H3,24,26,27,28,29,31). The zero-order chi connectivity index (χ0) is 23.5. The fourth-order valence-electron chi connectivity index (χ4n) is 3.48. The molecule has 1 aromatic heterocycles. The Labute approximate surface area is 193 Å². The maximum Gasteiger partial charge on any atom is 0.258 e. The highest BCUT2D eigenvalue weighted by Crippen LogP contribution is 2.33. The number of hydrogen-bond donors (Lipinski definition) is 4. The molecule has 1 unspecified atom stereocenters. The van der Waals surface area contributed by atoms with Gasteiger partial charge in [-0.2, -0.15) is 4.98 Å². The van der Waals surface area contributed by atoms with Gasteiger partial charge in [0.2, 0.25) is 17.8 Å². The van der Waals surface area contributed by atoms with E-state index in [2.05, 4.69) is 25.9 Å². The quantitative estimate of drug-likeness (QED) is 0.435. The third kappa shape index (κ3) is 4.75. The Hall–Kier alpha value is -4.05. The lowest BCUT2D eigenvalue weighted by Gasteiger charge is -2.24. The van der Waals surface area contributed by atoms with E-state index in [1.807, 2.05) is 0 Å². The molecule has 170 valence electrons. The van der Waals surface area contributed by atoms with Gasteiger partial charge in [0.05, 0.1) is 31.4 Å². The summed E-state index contributed by atoms with van der Waals surface area (Å²) < 4.78 is 10.5. The lowest BCUT2D eigenvalue weighted by Crippen LogP contribution is -2.36. The summed E-state index contributed by atoms with van der Waals surface area (Å²) in [5.41, 5.74) is 0.482. The second kappa shape index (κ2) is 9.21. The van der Waals surface area contributed by atoms with Crippen molar-refractivity contribution in [3.05, 3.63) is 63.4 Å². The molecule has 11 heteroatoms. The minimum atomic E-state index is -1.04. The van der Waals surface area contributed by atoms with Crippen LogP contribution in [0.3, 0.4) is 0 Å². The maximum absolute atomic E-state index is 13.1. The van der Waals surface area contributed by atoms with Crippen LogP contribution in [0.2, 0.25) is 5.02 Å². The predicted molar refractivity (Wildman–Crippen MR) is 124 cm³/mol. The summed E-state index contributed by atoms with van der Waals surface area (Å²) in [7, 11) is 2.97. The molecule has 1 aliphatic heterocycles. The first-order valence-electron chi connectivity index (χ1n) is 9.87. The van der Waals surface area contributed by atoms with Gasteiger partial charge in [0.1, 0.15) is 17.3 Å². The summed E-state index contributed by atoms with van der Waals surface area (Å²) in [4.78, 5) is 45.2. The number of aromatic nitrogens is 2. The number of rotatable bonds is 6. The summed E-state index contributed by atoms with van der Waals surface area (Å²) in [6.07, 6.45) is -0.205. The number of aromatic amines is 1. The largest absolute Gasteiger partial charge is 0.497 e. The van der Waals surface area contributed by atoms with E-state index in [0.717, 1.165) is 0 Å². The fraction of sp³-hybridized carbons (Fsp3) is 0.182. The van der Waals surface area contributed by atoms with Gasteiger partial charge in [-0.15, -0.1) is 0 Å². The molecule has 1 aliphatic rings. The number of ether oxygens (including phenoxy) is 2. The van der Waals surface area contributed by atoms with Crippen LogP contribution in [0.4, 0.5) is 23.1 Å². The monoisotopic (exact) mass is 469 g/mol. The first-order valence-corrected chi connectivity index (χ1v) is 10.2. The van der Waals surface area contributed by atoms with Gasteiger partial charge in [-0.1, -0.05) is 17.7 Å². The second-order valence-corrected chi connectivity index (χ2v) is 7.61. The van der Waals surface area contributed by atoms with Crippen LogP contribution in [-0.2, 0) is 9.59 Å². The van der Waals surface area contributed by atoms with Crippen LogP contribution in [0, 0.1) is 0 Å². The maximum atomic E-state index is 13.1. The number of nitrogens with zero attached hydrogens (tertiary/aromatic N) is 1. The molecule has 2 amide bonds. The Kier molecular flexibility index (Phi) is 6.18. The van der Waals surface area contributed by atoms with Crippen LogP contribution in [0.1, 0.15) is 17.9 Å². The first-order chi connectivity index (χ1) is 15.9. The number of anilines is 4. The highest BCUT2D eigenvalue weighted by Gasteiger charge is 2.35. The van der Waals surface area contributed by atoms with Crippen molar-refractivity contribution < 1.29 is 19.1 Å². The number of halogens is 1. The molecule has 0 spiro atoms. The zero-order valence-corrected chi connectivity index (χ0v) is 18.4. The van der Waals surface area contributed by atoms with Crippen molar-refractivity contribution >= 4 is 46.6 Å². The molecule has 2 heterocycles. The number of hydrogen-bond acceptors (Lipinski definition) is 7. The van der Waals surface area contributed by atoms with Gasteiger partial charge < -0.3 is 25.4 Å². The summed E-state index contributed by atoms with van der Waals surface area (Å²) in [6, 6.07) is 11.7. The molecule has 0 bridgehead atoms. The van der Waals surface area contributed by atoms with Crippen LogP contribution in [0.15, 0.2) is 47.3 Å². The third-order valence-corrected chi connectivity index (χ3v) is 5.26. The Morgan fingerprint density at radius 1 is 1.15 bits per heavy atom. The molecule has 4 rings (SSSR count). The summed E-state index contributed by atoms with van der Waals surface area (Å²) >= 11 is 5.99. The van der Waals surface area contributed by atoms with Crippen LogP contribution in [0.25, 0.3) is 0 Å². The van der Waals surface area contributed by atoms with E-state index in [9.17, 15) is 14.4 Å². The fourth-order valence-corrected chi connectivity index (χ4v) is 3.67. The number of carbonyl (C=O) groups is 2. The normalized spacial score (nSPS) is 14.6. The van der Waals surface area contributed by atoms with Gasteiger partial charge in [0.25, 0.3) is 5.56 Å². The number of fused-ring (bicyclic) bond motifs is 1. The Balaban J connectivity index is 1.64. The van der Waals surface area contributed by atoms with Gasteiger partial charge in [0, 0.05) is 23.2 Å². The van der Waals surface area contributed by atoms with Gasteiger partial charge in [0.15, 0.2) is 0 Å². The Morgan fingerprint density at radius 3 is 2.70 bits per heavy atom. The predicted octanol–water partition coefficient (Wildman–Crippen LogP) is 3.25. The van der Waals surface area contributed by atoms with Crippen molar-refractivity contribution in [1.29, 1.82) is 0 Å². The van der Waals surface area contributed by atoms with Crippen molar-refractivity contribution in [3.8, 4) is 11.5 Å². The average Bonchev–Trinajstić information content (AvgIpc) is 2.78. The lowest BCUT2D eigenvalue weighted by atomic mass is 9.92. The Bertz CT molecular complexity index is 1290. The van der Waals surface area contributed by atoms with Crippen molar-refractivity contribution in [3.63, 3.8) is 0 Å². The molecule has 1 atom stereocenters. The molecular weight excluding hydrogens is 450 g/mol. The van der Waals surface area contributed by atoms with Crippen molar-refractivity contribution in [1.82, 2.24) is 9.97 Å². The zero-order valence-electron chi connectivity index (χ0n) is 17.7. The van der Waals surface area contributed by atoms with E-state index >= 15 is 0 Å². The van der Waals surface area contributed by atoms with Crippen LogP contribution in [0.5, 0.6) is 11.5 Å². The number of H-pyrrole nitrogens is 1. The molecule has 10 nitrogen and oxygen atoms in total. The van der Waals surface area contributed by atoms with E-state index < -0.39 is 23.3 Å². The summed E-state index contributed by atoms with van der Waals surface area (Å²) in [5, 5.41) is 8.72. The van der Waals surface area contributed by atoms with E-state index in [0.29, 0.717) is 27.9 Å². The summed E-state index contributed by atoms with van der Waals surface area (Å²) in [5.74, 6) is -0.991. The minimum absolute atomic E-state index is 0.0152. The average molecular weight is 470 g/mol. The van der Waals surface area contributed by atoms with Gasteiger partial charge >= 0.3 is 0 Å². The molecule has 0 saturated heterocycles. The molecular formula is C22H20ClN5O5. The highest BCUT2D eigenvalue weighted by atomic mass is 35.5. The topological polar surface area (TPSA) is 134 Å². The minimum Gasteiger partial charge on any atom is -0.497 e. The highest BCUT2D eigenvalue weighted by molar-refractivity contribution is 6.30. The number of nitrogens with one attached hydrogen (secondary N) is 4. The van der Waals surface area contributed by atoms with Gasteiger partial charge in [-0.05, 0) is 30.3 Å². The van der Waals surface area contributed by atoms with Crippen molar-refractivity contribution in [2.24, 2.45) is 0 Å². The number of methoxy groups -OCH3 is 2. The van der Waals surface area contributed by atoms with E-state index in [1.165, 1.54) is 14.2 Å². The smallest absolute Gasteiger partial charge is 0.258 e. The molecule has 0 aliphatic carbocycles. The van der Waals surface area contributed by atoms with Gasteiger partial charge in [-0.3, -0.25) is 19.4 Å². The third-order valence-electron chi connectivity index (χ3n) is 5.02. The number of benzene rings is 2. The molecule has 0 saturated carbocycles. The van der Waals surface area contributed by atoms with E-state index in [-0.39, 0.29) is 23.8 Å². The number of carbonyl (C=O) groups excluding carboxylic acids is 2. The molecule has 33 heavy (non-hydrogen) atoms. The van der Waals surface area contributed by atoms with E-state index in [1.54, 1.807) is 42.5 Å². The van der Waals surface area contributed by atoms with Crippen LogP contribution >= 0.6 is 11.6 Å². The van der Waals surface area contributed by atoms with Crippen molar-refractivity contribution in [2.45, 2.75) is 12.3 Å².